The summed E-state index contributed by atoms with van der Waals surface area (Å²) in [5.41, 5.74) is 5.35. The average Bonchev–Trinajstić information content (AvgIpc) is 2.72. The molecule has 2 aromatic heterocycles. The number of hydrogen-bond donors (Lipinski definition) is 3. The predicted molar refractivity (Wildman–Crippen MR) is 64.0 cm³/mol. The second-order valence-corrected chi connectivity index (χ2v) is 3.75. The van der Waals surface area contributed by atoms with Crippen LogP contribution in [0.3, 0.4) is 0 Å². The number of nitrogens with two attached hydrogens (primary N) is 1. The second-order valence-electron chi connectivity index (χ2n) is 3.75. The number of fused-ring (bicyclic) bond motifs is 1. The van der Waals surface area contributed by atoms with Crippen molar-refractivity contribution in [3.8, 4) is 0 Å². The maximum atomic E-state index is 11.6. The standard InChI is InChI=1S/C10H13N5O3/c1-3-18-9(17)4(2)6-12-5-7(13-6)14-10(11)15-8(5)16/h4H,3H2,1-2H3,(H4,11,12,13,14,15,16). The van der Waals surface area contributed by atoms with Gasteiger partial charge in [0.25, 0.3) is 5.56 Å². The molecule has 0 aromatic carbocycles. The summed E-state index contributed by atoms with van der Waals surface area (Å²) in [6, 6.07) is 0. The van der Waals surface area contributed by atoms with E-state index in [0.717, 1.165) is 0 Å². The smallest absolute Gasteiger partial charge is 0.316 e. The van der Waals surface area contributed by atoms with Crippen LogP contribution in [0.1, 0.15) is 25.6 Å². The van der Waals surface area contributed by atoms with E-state index in [9.17, 15) is 9.59 Å². The zero-order chi connectivity index (χ0) is 13.3. The molecule has 0 saturated heterocycles. The SMILES string of the molecule is CCOC(=O)C(C)c1nc2nc(N)[nH]c(=O)c2[nH]1. The van der Waals surface area contributed by atoms with Crippen LogP contribution in [0.5, 0.6) is 0 Å². The molecule has 96 valence electrons. The lowest BCUT2D eigenvalue weighted by Crippen LogP contribution is -2.14. The topological polar surface area (TPSA) is 127 Å². The molecule has 0 bridgehead atoms. The van der Waals surface area contributed by atoms with Gasteiger partial charge in [-0.3, -0.25) is 14.6 Å². The van der Waals surface area contributed by atoms with Crippen molar-refractivity contribution in [2.45, 2.75) is 19.8 Å². The fourth-order valence-corrected chi connectivity index (χ4v) is 1.53. The number of aromatic amines is 2. The highest BCUT2D eigenvalue weighted by atomic mass is 16.5. The highest BCUT2D eigenvalue weighted by molar-refractivity contribution is 5.78. The van der Waals surface area contributed by atoms with E-state index in [1.54, 1.807) is 13.8 Å². The lowest BCUT2D eigenvalue weighted by atomic mass is 10.2. The van der Waals surface area contributed by atoms with Crippen molar-refractivity contribution >= 4 is 23.1 Å². The molecule has 4 N–H and O–H groups in total. The third-order valence-corrected chi connectivity index (χ3v) is 2.45. The van der Waals surface area contributed by atoms with Crippen LogP contribution in [-0.4, -0.2) is 32.5 Å². The van der Waals surface area contributed by atoms with Crippen LogP contribution in [0.15, 0.2) is 4.79 Å². The van der Waals surface area contributed by atoms with Gasteiger partial charge >= 0.3 is 5.97 Å². The van der Waals surface area contributed by atoms with Crippen LogP contribution >= 0.6 is 0 Å². The van der Waals surface area contributed by atoms with Crippen molar-refractivity contribution in [2.24, 2.45) is 0 Å². The lowest BCUT2D eigenvalue weighted by molar-refractivity contribution is -0.144. The molecule has 0 fully saturated rings. The largest absolute Gasteiger partial charge is 0.465 e. The van der Waals surface area contributed by atoms with Crippen LogP contribution in [0, 0.1) is 0 Å². The summed E-state index contributed by atoms with van der Waals surface area (Å²) in [6.07, 6.45) is 0. The third-order valence-electron chi connectivity index (χ3n) is 2.45. The monoisotopic (exact) mass is 251 g/mol. The number of carbonyl (C=O) groups is 1. The number of carbonyl (C=O) groups excluding carboxylic acids is 1. The molecule has 0 radical (unpaired) electrons. The third kappa shape index (κ3) is 2.04. The summed E-state index contributed by atoms with van der Waals surface area (Å²) < 4.78 is 4.88. The van der Waals surface area contributed by atoms with Crippen LogP contribution < -0.4 is 11.3 Å². The fourth-order valence-electron chi connectivity index (χ4n) is 1.53. The molecule has 8 heteroatoms. The molecule has 0 aliphatic carbocycles. The van der Waals surface area contributed by atoms with Gasteiger partial charge in [-0.05, 0) is 13.8 Å². The maximum absolute atomic E-state index is 11.6. The highest BCUT2D eigenvalue weighted by Crippen LogP contribution is 2.15. The zero-order valence-electron chi connectivity index (χ0n) is 9.98. The fraction of sp³-hybridized carbons (Fsp3) is 0.400. The summed E-state index contributed by atoms with van der Waals surface area (Å²) in [5.74, 6) is -0.706. The molecule has 2 rings (SSSR count). The molecule has 1 atom stereocenters. The van der Waals surface area contributed by atoms with Crippen molar-refractivity contribution in [1.29, 1.82) is 0 Å². The van der Waals surface area contributed by atoms with E-state index < -0.39 is 17.4 Å². The van der Waals surface area contributed by atoms with Crippen molar-refractivity contribution in [3.05, 3.63) is 16.2 Å². The van der Waals surface area contributed by atoms with Gasteiger partial charge in [-0.1, -0.05) is 0 Å². The minimum Gasteiger partial charge on any atom is -0.465 e. The molecule has 8 nitrogen and oxygen atoms in total. The van der Waals surface area contributed by atoms with Gasteiger partial charge in [-0.15, -0.1) is 0 Å². The Labute approximate surface area is 102 Å². The van der Waals surface area contributed by atoms with E-state index in [1.165, 1.54) is 0 Å². The Bertz CT molecular complexity index is 644. The second kappa shape index (κ2) is 4.47. The van der Waals surface area contributed by atoms with E-state index in [4.69, 9.17) is 10.5 Å². The summed E-state index contributed by atoms with van der Waals surface area (Å²) >= 11 is 0. The summed E-state index contributed by atoms with van der Waals surface area (Å²) in [5, 5.41) is 0. The van der Waals surface area contributed by atoms with Crippen LogP contribution in [0.4, 0.5) is 5.95 Å². The summed E-state index contributed by atoms with van der Waals surface area (Å²) in [6.45, 7) is 3.64. The number of nitrogens with one attached hydrogen (secondary N) is 2. The van der Waals surface area contributed by atoms with Gasteiger partial charge in [0, 0.05) is 0 Å². The number of H-pyrrole nitrogens is 2. The number of rotatable bonds is 3. The van der Waals surface area contributed by atoms with Crippen molar-refractivity contribution in [1.82, 2.24) is 19.9 Å². The van der Waals surface area contributed by atoms with Gasteiger partial charge in [0.05, 0.1) is 6.61 Å². The number of hydrogen-bond acceptors (Lipinski definition) is 6. The number of nitrogen functional groups attached to an aromatic ring is 1. The van der Waals surface area contributed by atoms with E-state index in [1.807, 2.05) is 0 Å². The van der Waals surface area contributed by atoms with Gasteiger partial charge in [0.15, 0.2) is 11.2 Å². The molecular formula is C10H13N5O3. The normalized spacial score (nSPS) is 12.6. The van der Waals surface area contributed by atoms with E-state index in [-0.39, 0.29) is 23.7 Å². The predicted octanol–water partition coefficient (Wildman–Crippen LogP) is -0.105. The highest BCUT2D eigenvalue weighted by Gasteiger charge is 2.21. The number of ether oxygens (including phenoxy) is 1. The Balaban J connectivity index is 2.44. The van der Waals surface area contributed by atoms with Crippen molar-refractivity contribution in [2.75, 3.05) is 12.3 Å². The Hall–Kier alpha value is -2.38. The first-order valence-corrected chi connectivity index (χ1v) is 5.45. The average molecular weight is 251 g/mol. The zero-order valence-corrected chi connectivity index (χ0v) is 9.98. The van der Waals surface area contributed by atoms with Crippen LogP contribution in [0.25, 0.3) is 11.2 Å². The molecule has 2 heterocycles. The minimum atomic E-state index is -0.597. The lowest BCUT2D eigenvalue weighted by Gasteiger charge is -2.06. The maximum Gasteiger partial charge on any atom is 0.316 e. The number of aromatic nitrogens is 4. The summed E-state index contributed by atoms with van der Waals surface area (Å²) in [4.78, 5) is 36.2. The Morgan fingerprint density at radius 2 is 2.17 bits per heavy atom. The van der Waals surface area contributed by atoms with Crippen LogP contribution in [0.2, 0.25) is 0 Å². The Kier molecular flexibility index (Phi) is 3.00. The molecule has 0 spiro atoms. The van der Waals surface area contributed by atoms with Crippen LogP contribution in [-0.2, 0) is 9.53 Å². The first kappa shape index (κ1) is 12.1. The molecule has 1 unspecified atom stereocenters. The van der Waals surface area contributed by atoms with Gasteiger partial charge in [-0.25, -0.2) is 4.98 Å². The van der Waals surface area contributed by atoms with Crippen molar-refractivity contribution < 1.29 is 9.53 Å². The summed E-state index contributed by atoms with van der Waals surface area (Å²) in [7, 11) is 0. The van der Waals surface area contributed by atoms with E-state index in [2.05, 4.69) is 19.9 Å². The Morgan fingerprint density at radius 3 is 2.83 bits per heavy atom. The van der Waals surface area contributed by atoms with E-state index >= 15 is 0 Å². The molecule has 0 saturated carbocycles. The van der Waals surface area contributed by atoms with Gasteiger partial charge < -0.3 is 15.5 Å². The van der Waals surface area contributed by atoms with Gasteiger partial charge in [0.1, 0.15) is 11.7 Å². The Morgan fingerprint density at radius 1 is 1.44 bits per heavy atom. The first-order chi connectivity index (χ1) is 8.52. The number of nitrogens with zero attached hydrogens (tertiary/aromatic N) is 2. The number of anilines is 1. The number of esters is 1. The quantitative estimate of drug-likeness (QED) is 0.653. The molecule has 2 aromatic rings. The molecule has 0 amide bonds. The van der Waals surface area contributed by atoms with E-state index in [0.29, 0.717) is 5.82 Å². The first-order valence-electron chi connectivity index (χ1n) is 5.45. The molecule has 0 aliphatic heterocycles. The molecular weight excluding hydrogens is 238 g/mol. The molecule has 18 heavy (non-hydrogen) atoms. The van der Waals surface area contributed by atoms with Crippen molar-refractivity contribution in [3.63, 3.8) is 0 Å². The van der Waals surface area contributed by atoms with Gasteiger partial charge in [-0.2, -0.15) is 4.98 Å². The number of imidazole rings is 1. The minimum absolute atomic E-state index is 0.0191. The molecule has 0 aliphatic rings. The van der Waals surface area contributed by atoms with Gasteiger partial charge in [0.2, 0.25) is 5.95 Å².